The Morgan fingerprint density at radius 2 is 1.81 bits per heavy atom. The van der Waals surface area contributed by atoms with Gasteiger partial charge in [0, 0.05) is 6.54 Å². The van der Waals surface area contributed by atoms with Gasteiger partial charge < -0.3 is 0 Å². The molecule has 1 nitrogen and oxygen atoms in total. The summed E-state index contributed by atoms with van der Waals surface area (Å²) in [4.78, 5) is 2.55. The highest BCUT2D eigenvalue weighted by Gasteiger charge is 2.07. The lowest BCUT2D eigenvalue weighted by Gasteiger charge is -2.25. The van der Waals surface area contributed by atoms with Crippen LogP contribution in [0.4, 0.5) is 0 Å². The Balaban J connectivity index is 1.91. The predicted molar refractivity (Wildman–Crippen MR) is 70.4 cm³/mol. The molecule has 0 radical (unpaired) electrons. The van der Waals surface area contributed by atoms with Gasteiger partial charge in [-0.3, -0.25) is 4.90 Å². The molecule has 0 spiro atoms. The molecule has 0 aliphatic carbocycles. The summed E-state index contributed by atoms with van der Waals surface area (Å²) >= 11 is 0. The molecule has 0 atom stereocenters. The van der Waals surface area contributed by atoms with Crippen LogP contribution >= 0.6 is 0 Å². The third kappa shape index (κ3) is 3.21. The average Bonchev–Trinajstić information content (AvgIpc) is 2.38. The number of nitrogens with zero attached hydrogens (tertiary/aromatic N) is 1. The third-order valence-corrected chi connectivity index (χ3v) is 3.33. The summed E-state index contributed by atoms with van der Waals surface area (Å²) < 4.78 is 0. The number of piperidine rings is 1. The zero-order valence-electron chi connectivity index (χ0n) is 10.2. The molecule has 0 N–H and O–H groups in total. The van der Waals surface area contributed by atoms with Crippen molar-refractivity contribution in [3.63, 3.8) is 0 Å². The van der Waals surface area contributed by atoms with Gasteiger partial charge in [-0.25, -0.2) is 0 Å². The molecule has 0 amide bonds. The van der Waals surface area contributed by atoms with E-state index in [-0.39, 0.29) is 0 Å². The molecule has 86 valence electrons. The summed E-state index contributed by atoms with van der Waals surface area (Å²) in [6.07, 6.45) is 6.52. The van der Waals surface area contributed by atoms with Crippen LogP contribution in [0.15, 0.2) is 36.4 Å². The third-order valence-electron chi connectivity index (χ3n) is 3.33. The van der Waals surface area contributed by atoms with E-state index < -0.39 is 0 Å². The van der Waals surface area contributed by atoms with Gasteiger partial charge in [0.25, 0.3) is 0 Å². The molecule has 0 aromatic heterocycles. The van der Waals surface area contributed by atoms with E-state index in [9.17, 15) is 0 Å². The van der Waals surface area contributed by atoms with Crippen molar-refractivity contribution in [3.8, 4) is 0 Å². The van der Waals surface area contributed by atoms with Crippen LogP contribution in [0.5, 0.6) is 0 Å². The van der Waals surface area contributed by atoms with Gasteiger partial charge in [-0.05, 0) is 44.0 Å². The normalized spacial score (nSPS) is 18.7. The summed E-state index contributed by atoms with van der Waals surface area (Å²) in [5.74, 6) is 0. The lowest BCUT2D eigenvalue weighted by molar-refractivity contribution is 0.251. The number of hydrogen-bond donors (Lipinski definition) is 0. The molecule has 1 saturated heterocycles. The van der Waals surface area contributed by atoms with Gasteiger partial charge in [0.1, 0.15) is 0 Å². The number of allylic oxidation sites excluding steroid dienone is 1. The molecule has 2 rings (SSSR count). The van der Waals surface area contributed by atoms with E-state index in [1.807, 2.05) is 0 Å². The second kappa shape index (κ2) is 5.86. The Morgan fingerprint density at radius 1 is 1.12 bits per heavy atom. The maximum Gasteiger partial charge on any atom is 0.0169 e. The van der Waals surface area contributed by atoms with Gasteiger partial charge in [0.05, 0.1) is 0 Å². The van der Waals surface area contributed by atoms with E-state index in [4.69, 9.17) is 0 Å². The second-order valence-electron chi connectivity index (χ2n) is 4.61. The number of rotatable bonds is 3. The van der Waals surface area contributed by atoms with Gasteiger partial charge in [-0.1, -0.05) is 42.8 Å². The first-order chi connectivity index (χ1) is 7.86. The fraction of sp³-hybridized carbons (Fsp3) is 0.467. The highest BCUT2D eigenvalue weighted by molar-refractivity contribution is 5.63. The average molecular weight is 215 g/mol. The fourth-order valence-electron chi connectivity index (χ4n) is 2.23. The molecular formula is C15H21N. The van der Waals surface area contributed by atoms with Crippen LogP contribution in [0.1, 0.15) is 31.7 Å². The van der Waals surface area contributed by atoms with Crippen LogP contribution in [-0.4, -0.2) is 24.5 Å². The lowest BCUT2D eigenvalue weighted by atomic mass is 10.1. The summed E-state index contributed by atoms with van der Waals surface area (Å²) in [7, 11) is 0. The molecule has 1 heterocycles. The maximum atomic E-state index is 2.55. The highest BCUT2D eigenvalue weighted by atomic mass is 15.1. The van der Waals surface area contributed by atoms with Crippen molar-refractivity contribution in [2.75, 3.05) is 19.6 Å². The zero-order valence-corrected chi connectivity index (χ0v) is 10.2. The Morgan fingerprint density at radius 3 is 2.50 bits per heavy atom. The van der Waals surface area contributed by atoms with Crippen LogP contribution < -0.4 is 0 Å². The van der Waals surface area contributed by atoms with Crippen molar-refractivity contribution in [3.05, 3.63) is 42.0 Å². The molecule has 1 heteroatoms. The van der Waals surface area contributed by atoms with Crippen LogP contribution in [0.25, 0.3) is 5.57 Å². The molecule has 0 saturated carbocycles. The molecule has 1 aliphatic heterocycles. The minimum Gasteiger partial charge on any atom is -0.300 e. The molecular weight excluding hydrogens is 194 g/mol. The highest BCUT2D eigenvalue weighted by Crippen LogP contribution is 2.14. The van der Waals surface area contributed by atoms with Crippen LogP contribution in [0.2, 0.25) is 0 Å². The molecule has 1 aromatic rings. The molecule has 0 unspecified atom stereocenters. The molecule has 1 aromatic carbocycles. The zero-order chi connectivity index (χ0) is 11.2. The standard InChI is InChI=1S/C15H21N/c1-14(15-8-4-2-5-9-15)10-13-16-11-6-3-7-12-16/h2,4-5,8-10H,3,6-7,11-13H2,1H3/b14-10+. The van der Waals surface area contributed by atoms with Crippen molar-refractivity contribution in [1.82, 2.24) is 4.90 Å². The van der Waals surface area contributed by atoms with Gasteiger partial charge in [-0.2, -0.15) is 0 Å². The second-order valence-corrected chi connectivity index (χ2v) is 4.61. The van der Waals surface area contributed by atoms with Crippen molar-refractivity contribution in [1.29, 1.82) is 0 Å². The van der Waals surface area contributed by atoms with E-state index in [1.54, 1.807) is 0 Å². The Bertz CT molecular complexity index is 334. The van der Waals surface area contributed by atoms with E-state index in [0.29, 0.717) is 0 Å². The van der Waals surface area contributed by atoms with Crippen molar-refractivity contribution < 1.29 is 0 Å². The van der Waals surface area contributed by atoms with E-state index >= 15 is 0 Å². The van der Waals surface area contributed by atoms with Crippen molar-refractivity contribution >= 4 is 5.57 Å². The minimum atomic E-state index is 1.11. The maximum absolute atomic E-state index is 2.55. The van der Waals surface area contributed by atoms with Gasteiger partial charge in [-0.15, -0.1) is 0 Å². The Labute approximate surface area is 98.8 Å². The fourth-order valence-corrected chi connectivity index (χ4v) is 2.23. The summed E-state index contributed by atoms with van der Waals surface area (Å²) in [6, 6.07) is 10.6. The van der Waals surface area contributed by atoms with Gasteiger partial charge in [0.15, 0.2) is 0 Å². The van der Waals surface area contributed by atoms with Crippen LogP contribution in [0.3, 0.4) is 0 Å². The number of benzene rings is 1. The lowest BCUT2D eigenvalue weighted by Crippen LogP contribution is -2.29. The molecule has 1 fully saturated rings. The predicted octanol–water partition coefficient (Wildman–Crippen LogP) is 3.58. The number of hydrogen-bond acceptors (Lipinski definition) is 1. The quantitative estimate of drug-likeness (QED) is 0.745. The van der Waals surface area contributed by atoms with Crippen LogP contribution in [-0.2, 0) is 0 Å². The topological polar surface area (TPSA) is 3.24 Å². The largest absolute Gasteiger partial charge is 0.300 e. The summed E-state index contributed by atoms with van der Waals surface area (Å²) in [5, 5.41) is 0. The first-order valence-corrected chi connectivity index (χ1v) is 6.31. The summed E-state index contributed by atoms with van der Waals surface area (Å²) in [5.41, 5.74) is 2.74. The monoisotopic (exact) mass is 215 g/mol. The van der Waals surface area contributed by atoms with Crippen molar-refractivity contribution in [2.24, 2.45) is 0 Å². The first kappa shape index (κ1) is 11.4. The molecule has 0 bridgehead atoms. The molecule has 16 heavy (non-hydrogen) atoms. The van der Waals surface area contributed by atoms with Crippen LogP contribution in [0, 0.1) is 0 Å². The molecule has 1 aliphatic rings. The Hall–Kier alpha value is -1.08. The van der Waals surface area contributed by atoms with E-state index in [1.165, 1.54) is 43.5 Å². The first-order valence-electron chi connectivity index (χ1n) is 6.31. The Kier molecular flexibility index (Phi) is 4.17. The van der Waals surface area contributed by atoms with Gasteiger partial charge in [0.2, 0.25) is 0 Å². The minimum absolute atomic E-state index is 1.11. The van der Waals surface area contributed by atoms with E-state index in [0.717, 1.165) is 6.54 Å². The van der Waals surface area contributed by atoms with E-state index in [2.05, 4.69) is 48.2 Å². The van der Waals surface area contributed by atoms with Crippen molar-refractivity contribution in [2.45, 2.75) is 26.2 Å². The number of likely N-dealkylation sites (tertiary alicyclic amines) is 1. The summed E-state index contributed by atoms with van der Waals surface area (Å²) in [6.45, 7) is 5.87. The SMILES string of the molecule is C/C(=C\CN1CCCCC1)c1ccccc1. The van der Waals surface area contributed by atoms with Gasteiger partial charge >= 0.3 is 0 Å². The smallest absolute Gasteiger partial charge is 0.0169 e.